The number of aryl methyl sites for hydroxylation is 2. The maximum atomic E-state index is 12.3. The van der Waals surface area contributed by atoms with Gasteiger partial charge in [0, 0.05) is 16.0 Å². The van der Waals surface area contributed by atoms with E-state index in [1.165, 1.54) is 0 Å². The number of alkyl halides is 2. The van der Waals surface area contributed by atoms with Gasteiger partial charge in [0.1, 0.15) is 5.82 Å². The van der Waals surface area contributed by atoms with Crippen LogP contribution in [-0.2, 0) is 0 Å². The van der Waals surface area contributed by atoms with Crippen LogP contribution in [0, 0.1) is 13.8 Å². The zero-order valence-corrected chi connectivity index (χ0v) is 16.3. The lowest BCUT2D eigenvalue weighted by molar-refractivity contribution is 0.252. The molecule has 0 amide bonds. The molecule has 0 saturated heterocycles. The minimum absolute atomic E-state index is 0.341. The number of fused-ring (bicyclic) bond motifs is 1. The number of pyridine rings is 1. The molecule has 0 saturated carbocycles. The largest absolute Gasteiger partial charge is 0.331 e. The lowest BCUT2D eigenvalue weighted by Crippen LogP contribution is -2.33. The summed E-state index contributed by atoms with van der Waals surface area (Å²) >= 11 is 5.76. The molecule has 2 aromatic carbocycles. The van der Waals surface area contributed by atoms with Crippen molar-refractivity contribution in [3.8, 4) is 0 Å². The lowest BCUT2D eigenvalue weighted by Gasteiger charge is -2.14. The molecule has 0 bridgehead atoms. The van der Waals surface area contributed by atoms with Gasteiger partial charge in [0.25, 0.3) is 5.76 Å². The molecule has 0 radical (unpaired) electrons. The molecule has 0 aliphatic carbocycles. The molecule has 4 nitrogen and oxygen atoms in total. The van der Waals surface area contributed by atoms with Crippen molar-refractivity contribution < 1.29 is 8.78 Å². The van der Waals surface area contributed by atoms with Crippen molar-refractivity contribution in [1.82, 2.24) is 10.4 Å². The molecule has 8 heteroatoms. The van der Waals surface area contributed by atoms with Crippen LogP contribution in [0.5, 0.6) is 0 Å². The highest BCUT2D eigenvalue weighted by Crippen LogP contribution is 2.26. The van der Waals surface area contributed by atoms with E-state index in [2.05, 4.69) is 21.2 Å². The monoisotopic (exact) mass is 404 g/mol. The summed E-state index contributed by atoms with van der Waals surface area (Å²) in [5, 5.41) is 4.44. The van der Waals surface area contributed by atoms with Crippen molar-refractivity contribution in [2.45, 2.75) is 24.5 Å². The number of benzene rings is 2. The number of nitrogens with one attached hydrogen (secondary N) is 3. The standard InChI is InChI=1S/C19H18F2N4S2/c1-11-4-3-5-15-12(2)10-16(23-17(11)15)24-25-19(26)22-13-6-8-14(9-7-13)27-18(20)21/h3-10,18H,1-2H3,(H,23,24)(H2,22,25,26). The molecule has 0 spiro atoms. The first kappa shape index (κ1) is 19.3. The Morgan fingerprint density at radius 2 is 1.81 bits per heavy atom. The number of rotatable bonds is 5. The minimum Gasteiger partial charge on any atom is -0.331 e. The number of aromatic nitrogens is 1. The molecule has 1 heterocycles. The molecule has 0 aliphatic heterocycles. The third-order valence-electron chi connectivity index (χ3n) is 3.89. The van der Waals surface area contributed by atoms with Gasteiger partial charge in [-0.2, -0.15) is 8.78 Å². The molecule has 3 rings (SSSR count). The fraction of sp³-hybridized carbons (Fsp3) is 0.158. The van der Waals surface area contributed by atoms with Gasteiger partial charge in [-0.1, -0.05) is 30.0 Å². The van der Waals surface area contributed by atoms with Crippen LogP contribution in [0.3, 0.4) is 0 Å². The highest BCUT2D eigenvalue weighted by Gasteiger charge is 2.07. The van der Waals surface area contributed by atoms with Crippen molar-refractivity contribution in [3.63, 3.8) is 0 Å². The second kappa shape index (κ2) is 8.49. The van der Waals surface area contributed by atoms with Crippen molar-refractivity contribution in [2.75, 3.05) is 10.7 Å². The smallest absolute Gasteiger partial charge is 0.288 e. The van der Waals surface area contributed by atoms with E-state index >= 15 is 0 Å². The van der Waals surface area contributed by atoms with Gasteiger partial charge in [-0.3, -0.25) is 10.9 Å². The Morgan fingerprint density at radius 1 is 1.07 bits per heavy atom. The van der Waals surface area contributed by atoms with Gasteiger partial charge in [-0.05, 0) is 67.5 Å². The van der Waals surface area contributed by atoms with Gasteiger partial charge in [-0.15, -0.1) is 0 Å². The number of thiocarbonyl (C=S) groups is 1. The predicted molar refractivity (Wildman–Crippen MR) is 112 cm³/mol. The van der Waals surface area contributed by atoms with E-state index in [9.17, 15) is 8.78 Å². The Kier molecular flexibility index (Phi) is 6.08. The van der Waals surface area contributed by atoms with Crippen LogP contribution >= 0.6 is 24.0 Å². The number of hydrogen-bond acceptors (Lipinski definition) is 4. The first-order chi connectivity index (χ1) is 12.9. The van der Waals surface area contributed by atoms with Gasteiger partial charge in [-0.25, -0.2) is 4.98 Å². The normalized spacial score (nSPS) is 10.9. The summed E-state index contributed by atoms with van der Waals surface area (Å²) in [6.07, 6.45) is 0. The molecule has 0 fully saturated rings. The van der Waals surface area contributed by atoms with E-state index < -0.39 is 5.76 Å². The maximum Gasteiger partial charge on any atom is 0.288 e. The topological polar surface area (TPSA) is 49.0 Å². The van der Waals surface area contributed by atoms with Gasteiger partial charge < -0.3 is 5.32 Å². The van der Waals surface area contributed by atoms with E-state index in [1.807, 2.05) is 38.1 Å². The second-order valence-corrected chi connectivity index (χ2v) is 7.37. The Bertz CT molecular complexity index is 962. The maximum absolute atomic E-state index is 12.3. The average Bonchev–Trinajstić information content (AvgIpc) is 2.62. The highest BCUT2D eigenvalue weighted by molar-refractivity contribution is 7.99. The van der Waals surface area contributed by atoms with E-state index in [0.717, 1.165) is 22.0 Å². The Balaban J connectivity index is 1.62. The van der Waals surface area contributed by atoms with Gasteiger partial charge >= 0.3 is 0 Å². The minimum atomic E-state index is -2.43. The molecule has 0 atom stereocenters. The summed E-state index contributed by atoms with van der Waals surface area (Å²) in [4.78, 5) is 5.12. The summed E-state index contributed by atoms with van der Waals surface area (Å²) in [6, 6.07) is 14.6. The lowest BCUT2D eigenvalue weighted by atomic mass is 10.1. The zero-order chi connectivity index (χ0) is 19.4. The summed E-state index contributed by atoms with van der Waals surface area (Å²) in [5.74, 6) is -1.78. The van der Waals surface area contributed by atoms with Crippen LogP contribution < -0.4 is 16.2 Å². The summed E-state index contributed by atoms with van der Waals surface area (Å²) in [7, 11) is 0. The number of halogens is 2. The number of para-hydroxylation sites is 1. The molecular weight excluding hydrogens is 386 g/mol. The van der Waals surface area contributed by atoms with Gasteiger partial charge in [0.05, 0.1) is 5.52 Å². The number of hydrazine groups is 1. The van der Waals surface area contributed by atoms with Crippen molar-refractivity contribution in [1.29, 1.82) is 0 Å². The highest BCUT2D eigenvalue weighted by atomic mass is 32.2. The van der Waals surface area contributed by atoms with Crippen LogP contribution in [0.25, 0.3) is 10.9 Å². The predicted octanol–water partition coefficient (Wildman–Crippen LogP) is 5.48. The Labute approximate surface area is 165 Å². The van der Waals surface area contributed by atoms with Gasteiger partial charge in [0.15, 0.2) is 5.11 Å². The first-order valence-electron chi connectivity index (χ1n) is 8.17. The summed E-state index contributed by atoms with van der Waals surface area (Å²) in [5.41, 5.74) is 9.73. The first-order valence-corrected chi connectivity index (χ1v) is 9.46. The van der Waals surface area contributed by atoms with E-state index in [-0.39, 0.29) is 0 Å². The van der Waals surface area contributed by atoms with Gasteiger partial charge in [0.2, 0.25) is 0 Å². The van der Waals surface area contributed by atoms with Crippen LogP contribution in [0.4, 0.5) is 20.3 Å². The summed E-state index contributed by atoms with van der Waals surface area (Å²) < 4.78 is 24.7. The molecule has 0 unspecified atom stereocenters. The molecule has 3 N–H and O–H groups in total. The fourth-order valence-corrected chi connectivity index (χ4v) is 3.30. The number of hydrogen-bond donors (Lipinski definition) is 3. The van der Waals surface area contributed by atoms with Crippen LogP contribution in [0.1, 0.15) is 11.1 Å². The molecule has 140 valence electrons. The SMILES string of the molecule is Cc1cc(NNC(=S)Nc2ccc(SC(F)F)cc2)nc2c(C)cccc12. The average molecular weight is 405 g/mol. The molecule has 27 heavy (non-hydrogen) atoms. The van der Waals surface area contributed by atoms with Crippen molar-refractivity contribution >= 4 is 51.5 Å². The number of nitrogens with zero attached hydrogens (tertiary/aromatic N) is 1. The second-order valence-electron chi connectivity index (χ2n) is 5.90. The molecule has 3 aromatic rings. The van der Waals surface area contributed by atoms with Crippen molar-refractivity contribution in [2.24, 2.45) is 0 Å². The quantitative estimate of drug-likeness (QED) is 0.297. The third-order valence-corrected chi connectivity index (χ3v) is 4.82. The molecule has 0 aliphatic rings. The van der Waals surface area contributed by atoms with Crippen molar-refractivity contribution in [3.05, 3.63) is 59.7 Å². The summed E-state index contributed by atoms with van der Waals surface area (Å²) in [6.45, 7) is 4.05. The molecule has 1 aromatic heterocycles. The van der Waals surface area contributed by atoms with E-state index in [0.29, 0.717) is 33.3 Å². The Hall–Kier alpha value is -2.45. The van der Waals surface area contributed by atoms with Crippen LogP contribution in [0.15, 0.2) is 53.4 Å². The Morgan fingerprint density at radius 3 is 2.52 bits per heavy atom. The van der Waals surface area contributed by atoms with E-state index in [1.54, 1.807) is 24.3 Å². The van der Waals surface area contributed by atoms with Crippen LogP contribution in [0.2, 0.25) is 0 Å². The third kappa shape index (κ3) is 5.05. The molecular formula is C19H18F2N4S2. The number of anilines is 2. The number of thioether (sulfide) groups is 1. The fourth-order valence-electron chi connectivity index (χ4n) is 2.63. The van der Waals surface area contributed by atoms with Crippen LogP contribution in [-0.4, -0.2) is 15.9 Å². The zero-order valence-electron chi connectivity index (χ0n) is 14.7. The van der Waals surface area contributed by atoms with E-state index in [4.69, 9.17) is 12.2 Å².